The summed E-state index contributed by atoms with van der Waals surface area (Å²) in [7, 11) is 0. The molecule has 1 amide bonds. The summed E-state index contributed by atoms with van der Waals surface area (Å²) in [5.41, 5.74) is 0.330. The lowest BCUT2D eigenvalue weighted by Crippen LogP contribution is -2.36. The first-order chi connectivity index (χ1) is 4.75. The summed E-state index contributed by atoms with van der Waals surface area (Å²) in [6, 6.07) is 0. The fourth-order valence-corrected chi connectivity index (χ4v) is 3.08. The smallest absolute Gasteiger partial charge is 0.220 e. The van der Waals surface area contributed by atoms with E-state index in [1.807, 2.05) is 16.7 Å². The summed E-state index contributed by atoms with van der Waals surface area (Å²) in [5, 5.41) is 0. The van der Waals surface area contributed by atoms with E-state index in [1.165, 1.54) is 18.6 Å². The Morgan fingerprint density at radius 2 is 2.30 bits per heavy atom. The molecule has 2 rings (SSSR count). The second-order valence-corrected chi connectivity index (χ2v) is 4.10. The van der Waals surface area contributed by atoms with Crippen LogP contribution in [0.4, 0.5) is 0 Å². The molecule has 0 aromatic rings. The number of carbonyl (C=O) groups is 1. The molecule has 0 aromatic carbocycles. The van der Waals surface area contributed by atoms with Crippen molar-refractivity contribution in [2.24, 2.45) is 0 Å². The molecule has 0 N–H and O–H groups in total. The molecule has 2 nitrogen and oxygen atoms in total. The van der Waals surface area contributed by atoms with Crippen molar-refractivity contribution >= 4 is 17.7 Å². The van der Waals surface area contributed by atoms with Crippen molar-refractivity contribution in [2.45, 2.75) is 25.3 Å². The highest BCUT2D eigenvalue weighted by molar-refractivity contribution is 7.99. The fourth-order valence-electron chi connectivity index (χ4n) is 1.53. The highest BCUT2D eigenvalue weighted by Gasteiger charge is 2.52. The zero-order chi connectivity index (χ0) is 7.19. The van der Waals surface area contributed by atoms with Crippen molar-refractivity contribution < 1.29 is 4.79 Å². The monoisotopic (exact) mass is 157 g/mol. The summed E-state index contributed by atoms with van der Waals surface area (Å²) in [6.07, 6.45) is 2.47. The van der Waals surface area contributed by atoms with E-state index in [2.05, 4.69) is 0 Å². The second-order valence-electron chi connectivity index (χ2n) is 3.15. The fraction of sp³-hybridized carbons (Fsp3) is 0.857. The maximum Gasteiger partial charge on any atom is 0.220 e. The normalized spacial score (nSPS) is 27.5. The first-order valence-corrected chi connectivity index (χ1v) is 4.76. The van der Waals surface area contributed by atoms with Gasteiger partial charge in [-0.3, -0.25) is 4.79 Å². The van der Waals surface area contributed by atoms with Gasteiger partial charge >= 0.3 is 0 Å². The van der Waals surface area contributed by atoms with E-state index >= 15 is 0 Å². The van der Waals surface area contributed by atoms with Crippen LogP contribution in [0.25, 0.3) is 0 Å². The van der Waals surface area contributed by atoms with E-state index in [9.17, 15) is 4.79 Å². The Morgan fingerprint density at radius 1 is 1.60 bits per heavy atom. The minimum atomic E-state index is 0.252. The number of thioether (sulfide) groups is 1. The molecule has 2 fully saturated rings. The Morgan fingerprint density at radius 3 is 2.70 bits per heavy atom. The Hall–Kier alpha value is -0.180. The molecule has 0 unspecified atom stereocenters. The van der Waals surface area contributed by atoms with E-state index in [-0.39, 0.29) is 5.91 Å². The van der Waals surface area contributed by atoms with Crippen LogP contribution in [0.2, 0.25) is 0 Å². The summed E-state index contributed by atoms with van der Waals surface area (Å²) < 4.78 is 0. The first kappa shape index (κ1) is 6.53. The molecule has 56 valence electrons. The topological polar surface area (TPSA) is 20.3 Å². The summed E-state index contributed by atoms with van der Waals surface area (Å²) >= 11 is 1.89. The molecule has 0 atom stereocenters. The third-order valence-corrected chi connectivity index (χ3v) is 3.55. The zero-order valence-electron chi connectivity index (χ0n) is 6.09. The number of hydrogen-bond donors (Lipinski definition) is 0. The summed E-state index contributed by atoms with van der Waals surface area (Å²) in [4.78, 5) is 13.0. The van der Waals surface area contributed by atoms with Crippen LogP contribution < -0.4 is 0 Å². The molecular formula is C7H11NOS. The van der Waals surface area contributed by atoms with Gasteiger partial charge in [0.05, 0.1) is 11.4 Å². The van der Waals surface area contributed by atoms with Crippen LogP contribution in [0.3, 0.4) is 0 Å². The average Bonchev–Trinajstić information content (AvgIpc) is 2.42. The molecule has 1 spiro atoms. The Labute approximate surface area is 65.0 Å². The van der Waals surface area contributed by atoms with Crippen LogP contribution in [0, 0.1) is 0 Å². The average molecular weight is 157 g/mol. The lowest BCUT2D eigenvalue weighted by molar-refractivity contribution is -0.129. The van der Waals surface area contributed by atoms with Crippen LogP contribution in [0.1, 0.15) is 19.8 Å². The van der Waals surface area contributed by atoms with Gasteiger partial charge in [0.15, 0.2) is 0 Å². The van der Waals surface area contributed by atoms with Gasteiger partial charge in [0, 0.05) is 12.7 Å². The third kappa shape index (κ3) is 0.764. The lowest BCUT2D eigenvalue weighted by atomic mass is 10.3. The molecule has 1 aliphatic heterocycles. The molecule has 10 heavy (non-hydrogen) atoms. The molecule has 2 aliphatic rings. The molecule has 1 saturated carbocycles. The molecule has 0 bridgehead atoms. The van der Waals surface area contributed by atoms with Crippen molar-refractivity contribution in [3.05, 3.63) is 0 Å². The maximum absolute atomic E-state index is 11.0. The van der Waals surface area contributed by atoms with Gasteiger partial charge < -0.3 is 4.90 Å². The Balaban J connectivity index is 2.14. The lowest BCUT2D eigenvalue weighted by Gasteiger charge is -2.20. The van der Waals surface area contributed by atoms with Crippen LogP contribution in [0.5, 0.6) is 0 Å². The molecular weight excluding hydrogens is 146 g/mol. The van der Waals surface area contributed by atoms with E-state index in [4.69, 9.17) is 0 Å². The second kappa shape index (κ2) is 1.91. The van der Waals surface area contributed by atoms with Crippen molar-refractivity contribution in [3.63, 3.8) is 0 Å². The predicted octanol–water partition coefficient (Wildman–Crippen LogP) is 1.07. The van der Waals surface area contributed by atoms with E-state index in [0.717, 1.165) is 5.88 Å². The summed E-state index contributed by atoms with van der Waals surface area (Å²) in [6.45, 7) is 1.67. The summed E-state index contributed by atoms with van der Waals surface area (Å²) in [5.74, 6) is 2.35. The number of amides is 1. The predicted molar refractivity (Wildman–Crippen MR) is 41.8 cm³/mol. The third-order valence-electron chi connectivity index (χ3n) is 2.37. The molecule has 3 heteroatoms. The number of hydrogen-bond acceptors (Lipinski definition) is 2. The quantitative estimate of drug-likeness (QED) is 0.524. The van der Waals surface area contributed by atoms with Gasteiger partial charge in [-0.1, -0.05) is 0 Å². The van der Waals surface area contributed by atoms with Gasteiger partial charge in [0.25, 0.3) is 0 Å². The Bertz CT molecular complexity index is 176. The molecule has 0 aromatic heterocycles. The van der Waals surface area contributed by atoms with Gasteiger partial charge in [0.1, 0.15) is 0 Å². The van der Waals surface area contributed by atoms with Gasteiger partial charge in [-0.25, -0.2) is 0 Å². The van der Waals surface area contributed by atoms with Crippen molar-refractivity contribution in [3.8, 4) is 0 Å². The van der Waals surface area contributed by atoms with Crippen LogP contribution in [-0.2, 0) is 4.79 Å². The first-order valence-electron chi connectivity index (χ1n) is 3.61. The number of carbonyl (C=O) groups excluding carboxylic acids is 1. The van der Waals surface area contributed by atoms with Gasteiger partial charge in [-0.05, 0) is 12.8 Å². The zero-order valence-corrected chi connectivity index (χ0v) is 6.91. The van der Waals surface area contributed by atoms with Crippen molar-refractivity contribution in [1.82, 2.24) is 4.90 Å². The van der Waals surface area contributed by atoms with Crippen LogP contribution in [-0.4, -0.2) is 28.0 Å². The van der Waals surface area contributed by atoms with E-state index in [0.29, 0.717) is 5.54 Å². The van der Waals surface area contributed by atoms with Crippen LogP contribution in [0.15, 0.2) is 0 Å². The van der Waals surface area contributed by atoms with Gasteiger partial charge in [-0.15, -0.1) is 11.8 Å². The Kier molecular flexibility index (Phi) is 1.24. The minimum absolute atomic E-state index is 0.252. The van der Waals surface area contributed by atoms with E-state index < -0.39 is 0 Å². The maximum atomic E-state index is 11.0. The van der Waals surface area contributed by atoms with Gasteiger partial charge in [0.2, 0.25) is 5.91 Å². The van der Waals surface area contributed by atoms with Gasteiger partial charge in [-0.2, -0.15) is 0 Å². The molecule has 0 radical (unpaired) electrons. The van der Waals surface area contributed by atoms with E-state index in [1.54, 1.807) is 6.92 Å². The number of nitrogens with zero attached hydrogens (tertiary/aromatic N) is 1. The minimum Gasteiger partial charge on any atom is -0.327 e. The SMILES string of the molecule is CC(=O)N1CSCC12CC2. The van der Waals surface area contributed by atoms with Crippen molar-refractivity contribution in [2.75, 3.05) is 11.6 Å². The molecule has 1 aliphatic carbocycles. The van der Waals surface area contributed by atoms with Crippen molar-refractivity contribution in [1.29, 1.82) is 0 Å². The highest BCUT2D eigenvalue weighted by Crippen LogP contribution is 2.49. The molecule has 1 saturated heterocycles. The van der Waals surface area contributed by atoms with Crippen LogP contribution >= 0.6 is 11.8 Å². The molecule has 1 heterocycles. The largest absolute Gasteiger partial charge is 0.327 e. The number of rotatable bonds is 0. The highest BCUT2D eigenvalue weighted by atomic mass is 32.2. The standard InChI is InChI=1S/C7H11NOS/c1-6(9)8-5-10-4-7(8)2-3-7/h2-5H2,1H3.